The lowest BCUT2D eigenvalue weighted by atomic mass is 10.2. The summed E-state index contributed by atoms with van der Waals surface area (Å²) in [6.07, 6.45) is -0.800. The Labute approximate surface area is 131 Å². The van der Waals surface area contributed by atoms with E-state index in [0.717, 1.165) is 0 Å². The van der Waals surface area contributed by atoms with Gasteiger partial charge in [-0.1, -0.05) is 12.1 Å². The van der Waals surface area contributed by atoms with Crippen molar-refractivity contribution < 1.29 is 24.2 Å². The maximum atomic E-state index is 11.6. The molecule has 116 valence electrons. The number of hydrogen-bond acceptors (Lipinski definition) is 4. The van der Waals surface area contributed by atoms with Crippen LogP contribution in [0.2, 0.25) is 0 Å². The Morgan fingerprint density at radius 1 is 1.33 bits per heavy atom. The summed E-state index contributed by atoms with van der Waals surface area (Å²) >= 11 is 3.29. The number of alkyl carbamates (subject to hydrolysis) is 1. The molecule has 0 bridgehead atoms. The van der Waals surface area contributed by atoms with E-state index in [0.29, 0.717) is 10.2 Å². The van der Waals surface area contributed by atoms with E-state index in [1.54, 1.807) is 39.0 Å². The molecule has 0 radical (unpaired) electrons. The number of carboxylic acids is 1. The molecule has 1 rings (SSSR count). The monoisotopic (exact) mass is 359 g/mol. The number of hydrogen-bond donors (Lipinski definition) is 2. The van der Waals surface area contributed by atoms with Gasteiger partial charge in [0.2, 0.25) is 0 Å². The van der Waals surface area contributed by atoms with Crippen molar-refractivity contribution in [2.45, 2.75) is 32.4 Å². The Balaban J connectivity index is 2.61. The van der Waals surface area contributed by atoms with Crippen LogP contribution in [0.15, 0.2) is 28.7 Å². The molecule has 0 unspecified atom stereocenters. The minimum atomic E-state index is -1.20. The fourth-order valence-electron chi connectivity index (χ4n) is 1.36. The van der Waals surface area contributed by atoms with Crippen LogP contribution in [0.4, 0.5) is 4.79 Å². The summed E-state index contributed by atoms with van der Waals surface area (Å²) < 4.78 is 11.1. The number of para-hydroxylation sites is 1. The molecule has 0 spiro atoms. The Morgan fingerprint density at radius 2 is 1.95 bits per heavy atom. The summed E-state index contributed by atoms with van der Waals surface area (Å²) in [6.45, 7) is 4.87. The number of carbonyl (C=O) groups excluding carboxylic acids is 1. The summed E-state index contributed by atoms with van der Waals surface area (Å²) in [5.74, 6) is -0.706. The predicted octanol–water partition coefficient (Wildman–Crippen LogP) is 2.81. The van der Waals surface area contributed by atoms with E-state index >= 15 is 0 Å². The van der Waals surface area contributed by atoms with Crippen LogP contribution >= 0.6 is 15.9 Å². The van der Waals surface area contributed by atoms with Crippen LogP contribution in [0, 0.1) is 0 Å². The fourth-order valence-corrected chi connectivity index (χ4v) is 1.76. The summed E-state index contributed by atoms with van der Waals surface area (Å²) in [5.41, 5.74) is -0.698. The van der Waals surface area contributed by atoms with Crippen molar-refractivity contribution in [2.24, 2.45) is 0 Å². The Morgan fingerprint density at radius 3 is 2.48 bits per heavy atom. The number of carboxylic acid groups (broad SMARTS) is 1. The van der Waals surface area contributed by atoms with Crippen LogP contribution in [0.1, 0.15) is 20.8 Å². The molecule has 1 aromatic rings. The molecule has 7 heteroatoms. The lowest BCUT2D eigenvalue weighted by molar-refractivity contribution is -0.140. The summed E-state index contributed by atoms with van der Waals surface area (Å²) in [6, 6.07) is 5.83. The molecule has 0 aliphatic carbocycles. The molecule has 6 nitrogen and oxygen atoms in total. The topological polar surface area (TPSA) is 84.9 Å². The maximum absolute atomic E-state index is 11.6. The standard InChI is InChI=1S/C14H18BrNO5/c1-14(2,3)21-13(19)16-10(12(17)18)8-20-11-7-5-4-6-9(11)15/h4-7,10H,8H2,1-3H3,(H,16,19)(H,17,18)/t10-/m0/s1. The van der Waals surface area contributed by atoms with Gasteiger partial charge in [0.25, 0.3) is 0 Å². The van der Waals surface area contributed by atoms with Gasteiger partial charge in [0.05, 0.1) is 4.47 Å². The predicted molar refractivity (Wildman–Crippen MR) is 80.4 cm³/mol. The molecule has 21 heavy (non-hydrogen) atoms. The minimum Gasteiger partial charge on any atom is -0.490 e. The normalized spacial score (nSPS) is 12.4. The average molecular weight is 360 g/mol. The maximum Gasteiger partial charge on any atom is 0.408 e. The van der Waals surface area contributed by atoms with Gasteiger partial charge in [-0.15, -0.1) is 0 Å². The van der Waals surface area contributed by atoms with Crippen LogP contribution in [-0.2, 0) is 9.53 Å². The van der Waals surface area contributed by atoms with Gasteiger partial charge >= 0.3 is 12.1 Å². The highest BCUT2D eigenvalue weighted by Gasteiger charge is 2.24. The summed E-state index contributed by atoms with van der Waals surface area (Å²) in [7, 11) is 0. The second-order valence-electron chi connectivity index (χ2n) is 5.28. The van der Waals surface area contributed by atoms with Crippen molar-refractivity contribution in [1.29, 1.82) is 0 Å². The fraction of sp³-hybridized carbons (Fsp3) is 0.429. The van der Waals surface area contributed by atoms with Crippen molar-refractivity contribution >= 4 is 28.0 Å². The molecule has 2 N–H and O–H groups in total. The molecule has 1 aromatic carbocycles. The van der Waals surface area contributed by atoms with E-state index < -0.39 is 23.7 Å². The molecule has 0 fully saturated rings. The Bertz CT molecular complexity index is 512. The third-order valence-corrected chi connectivity index (χ3v) is 2.89. The average Bonchev–Trinajstić information content (AvgIpc) is 2.33. The number of halogens is 1. The molecular weight excluding hydrogens is 342 g/mol. The van der Waals surface area contributed by atoms with Crippen LogP contribution in [0.3, 0.4) is 0 Å². The Hall–Kier alpha value is -1.76. The molecule has 1 atom stereocenters. The highest BCUT2D eigenvalue weighted by Crippen LogP contribution is 2.23. The number of aliphatic carboxylic acids is 1. The van der Waals surface area contributed by atoms with Crippen LogP contribution in [-0.4, -0.2) is 35.4 Å². The quantitative estimate of drug-likeness (QED) is 0.844. The van der Waals surface area contributed by atoms with Gasteiger partial charge in [0, 0.05) is 0 Å². The largest absolute Gasteiger partial charge is 0.490 e. The second-order valence-corrected chi connectivity index (χ2v) is 6.13. The SMILES string of the molecule is CC(C)(C)OC(=O)N[C@@H](COc1ccccc1Br)C(=O)O. The molecule has 0 saturated carbocycles. The van der Waals surface area contributed by atoms with Gasteiger partial charge in [-0.25, -0.2) is 9.59 Å². The number of nitrogens with one attached hydrogen (secondary N) is 1. The van der Waals surface area contributed by atoms with Crippen molar-refractivity contribution in [3.8, 4) is 5.75 Å². The van der Waals surface area contributed by atoms with E-state index in [2.05, 4.69) is 21.2 Å². The number of rotatable bonds is 5. The molecular formula is C14H18BrNO5. The van der Waals surface area contributed by atoms with Gasteiger partial charge in [-0.2, -0.15) is 0 Å². The highest BCUT2D eigenvalue weighted by atomic mass is 79.9. The first kappa shape index (κ1) is 17.3. The zero-order chi connectivity index (χ0) is 16.0. The number of ether oxygens (including phenoxy) is 2. The summed E-state index contributed by atoms with van der Waals surface area (Å²) in [4.78, 5) is 22.7. The Kier molecular flexibility index (Phi) is 6.02. The van der Waals surface area contributed by atoms with E-state index in [9.17, 15) is 9.59 Å². The first-order valence-corrected chi connectivity index (χ1v) is 7.08. The van der Waals surface area contributed by atoms with Gasteiger partial charge in [-0.05, 0) is 48.8 Å². The van der Waals surface area contributed by atoms with Crippen molar-refractivity contribution in [1.82, 2.24) is 5.32 Å². The van der Waals surface area contributed by atoms with E-state index in [4.69, 9.17) is 14.6 Å². The first-order chi connectivity index (χ1) is 9.69. The lowest BCUT2D eigenvalue weighted by Gasteiger charge is -2.22. The van der Waals surface area contributed by atoms with Crippen LogP contribution in [0.25, 0.3) is 0 Å². The smallest absolute Gasteiger partial charge is 0.408 e. The van der Waals surface area contributed by atoms with Crippen LogP contribution < -0.4 is 10.1 Å². The molecule has 0 heterocycles. The van der Waals surface area contributed by atoms with Crippen molar-refractivity contribution in [3.05, 3.63) is 28.7 Å². The first-order valence-electron chi connectivity index (χ1n) is 6.28. The highest BCUT2D eigenvalue weighted by molar-refractivity contribution is 9.10. The van der Waals surface area contributed by atoms with Gasteiger partial charge in [0.15, 0.2) is 6.04 Å². The zero-order valence-electron chi connectivity index (χ0n) is 12.1. The molecule has 0 aliphatic heterocycles. The lowest BCUT2D eigenvalue weighted by Crippen LogP contribution is -2.46. The van der Waals surface area contributed by atoms with Crippen molar-refractivity contribution in [3.63, 3.8) is 0 Å². The molecule has 0 aliphatic rings. The number of amides is 1. The van der Waals surface area contributed by atoms with Crippen molar-refractivity contribution in [2.75, 3.05) is 6.61 Å². The molecule has 0 saturated heterocycles. The minimum absolute atomic E-state index is 0.211. The molecule has 0 aromatic heterocycles. The number of benzene rings is 1. The van der Waals surface area contributed by atoms with Gasteiger partial charge < -0.3 is 19.9 Å². The third-order valence-electron chi connectivity index (χ3n) is 2.23. The van der Waals surface area contributed by atoms with E-state index in [-0.39, 0.29) is 6.61 Å². The van der Waals surface area contributed by atoms with E-state index in [1.807, 2.05) is 6.07 Å². The van der Waals surface area contributed by atoms with Crippen LogP contribution in [0.5, 0.6) is 5.75 Å². The third kappa shape index (κ3) is 6.48. The summed E-state index contributed by atoms with van der Waals surface area (Å²) in [5, 5.41) is 11.4. The van der Waals surface area contributed by atoms with Gasteiger partial charge in [0.1, 0.15) is 18.0 Å². The molecule has 1 amide bonds. The second kappa shape index (κ2) is 7.31. The zero-order valence-corrected chi connectivity index (χ0v) is 13.6. The van der Waals surface area contributed by atoms with Gasteiger partial charge in [-0.3, -0.25) is 0 Å². The van der Waals surface area contributed by atoms with E-state index in [1.165, 1.54) is 0 Å². The number of carbonyl (C=O) groups is 2.